The number of rotatable bonds is 2. The minimum atomic E-state index is -0.841. The molecule has 2 unspecified atom stereocenters. The fraction of sp³-hybridized carbons (Fsp3) is 0.600. The Morgan fingerprint density at radius 3 is 3.27 bits per heavy atom. The first kappa shape index (κ1) is 8.35. The van der Waals surface area contributed by atoms with Crippen molar-refractivity contribution in [2.75, 3.05) is 13.1 Å². The van der Waals surface area contributed by atoms with E-state index >= 15 is 0 Å². The summed E-state index contributed by atoms with van der Waals surface area (Å²) in [4.78, 5) is 11.1. The first-order chi connectivity index (χ1) is 5.20. The molecule has 0 bridgehead atoms. The Labute approximate surface area is 69.5 Å². The van der Waals surface area contributed by atoms with Gasteiger partial charge in [-0.05, 0) is 0 Å². The molecule has 0 aromatic rings. The maximum atomic E-state index is 10.3. The molecule has 0 spiro atoms. The predicted octanol–water partition coefficient (Wildman–Crippen LogP) is -2.62. The minimum Gasteiger partial charge on any atom is -0.703 e. The molecular weight excluding hydrogens is 166 g/mol. The Morgan fingerprint density at radius 1 is 2.00 bits per heavy atom. The van der Waals surface area contributed by atoms with E-state index in [9.17, 15) is 4.79 Å². The molecule has 0 saturated heterocycles. The lowest BCUT2D eigenvalue weighted by Gasteiger charge is -2.33. The number of carboxylic acid groups (broad SMARTS) is 1. The van der Waals surface area contributed by atoms with Crippen molar-refractivity contribution < 1.29 is 14.8 Å². The fourth-order valence-electron chi connectivity index (χ4n) is 0.841. The normalized spacial score (nSPS) is 29.5. The van der Waals surface area contributed by atoms with Crippen LogP contribution in [0.15, 0.2) is 5.10 Å². The quantitative estimate of drug-likeness (QED) is 0.402. The monoisotopic (exact) mass is 175 g/mol. The molecule has 0 aromatic heterocycles. The molecule has 5 nitrogen and oxygen atoms in total. The highest BCUT2D eigenvalue weighted by Crippen LogP contribution is 1.71. The average Bonchev–Trinajstić information content (AvgIpc) is 1.93. The van der Waals surface area contributed by atoms with E-state index in [1.54, 1.807) is 6.21 Å². The standard InChI is InChI=1S/C5H9N3O2S/c9-4(10)3-8-2-1-6-7-5(8)11/h1,5,7,11H,2-3H2,(H,9,10). The van der Waals surface area contributed by atoms with Crippen LogP contribution in [0.4, 0.5) is 0 Å². The summed E-state index contributed by atoms with van der Waals surface area (Å²) in [6, 6.07) is 0. The van der Waals surface area contributed by atoms with E-state index in [1.807, 2.05) is 0 Å². The fourth-order valence-corrected chi connectivity index (χ4v) is 1.08. The second kappa shape index (κ2) is 3.59. The molecule has 0 aromatic carbocycles. The molecule has 0 radical (unpaired) electrons. The van der Waals surface area contributed by atoms with E-state index in [0.717, 1.165) is 4.90 Å². The van der Waals surface area contributed by atoms with Gasteiger partial charge < -0.3 is 22.6 Å². The molecule has 3 N–H and O–H groups in total. The molecule has 0 fully saturated rings. The second-order valence-corrected chi connectivity index (χ2v) is 2.73. The second-order valence-electron chi connectivity index (χ2n) is 2.25. The van der Waals surface area contributed by atoms with Crippen molar-refractivity contribution in [3.63, 3.8) is 0 Å². The van der Waals surface area contributed by atoms with Gasteiger partial charge in [0, 0.05) is 0 Å². The van der Waals surface area contributed by atoms with Crippen LogP contribution in [-0.2, 0) is 17.4 Å². The molecule has 11 heavy (non-hydrogen) atoms. The number of aliphatic carboxylic acids is 1. The van der Waals surface area contributed by atoms with Gasteiger partial charge in [0.15, 0.2) is 6.54 Å². The van der Waals surface area contributed by atoms with Crippen LogP contribution in [-0.4, -0.2) is 35.9 Å². The highest BCUT2D eigenvalue weighted by molar-refractivity contribution is 7.59. The summed E-state index contributed by atoms with van der Waals surface area (Å²) >= 11 is 4.90. The van der Waals surface area contributed by atoms with Gasteiger partial charge in [0.05, 0.1) is 11.7 Å². The lowest BCUT2D eigenvalue weighted by atomic mass is 10.5. The number of hydrazone groups is 1. The predicted molar refractivity (Wildman–Crippen MR) is 41.1 cm³/mol. The van der Waals surface area contributed by atoms with E-state index < -0.39 is 5.97 Å². The van der Waals surface area contributed by atoms with E-state index in [2.05, 4.69) is 10.5 Å². The Kier molecular flexibility index (Phi) is 2.72. The van der Waals surface area contributed by atoms with Gasteiger partial charge in [-0.15, -0.1) is 0 Å². The third-order valence-electron chi connectivity index (χ3n) is 1.39. The van der Waals surface area contributed by atoms with Crippen LogP contribution < -0.4 is 10.3 Å². The molecule has 1 heterocycles. The first-order valence-corrected chi connectivity index (χ1v) is 3.66. The molecular formula is C5H9N3O2S. The summed E-state index contributed by atoms with van der Waals surface area (Å²) < 4.78 is 0. The van der Waals surface area contributed by atoms with Gasteiger partial charge in [0.25, 0.3) is 0 Å². The van der Waals surface area contributed by atoms with E-state index in [4.69, 9.17) is 17.7 Å². The summed E-state index contributed by atoms with van der Waals surface area (Å²) in [5.74, 6) is -0.841. The van der Waals surface area contributed by atoms with Crippen LogP contribution in [0.3, 0.4) is 0 Å². The third-order valence-corrected chi connectivity index (χ3v) is 1.82. The van der Waals surface area contributed by atoms with Crippen molar-refractivity contribution in [2.24, 2.45) is 5.10 Å². The minimum absolute atomic E-state index is 0.0349. The molecule has 6 heteroatoms. The molecule has 0 amide bonds. The van der Waals surface area contributed by atoms with Crippen LogP contribution in [0.1, 0.15) is 0 Å². The van der Waals surface area contributed by atoms with Crippen molar-refractivity contribution in [1.29, 1.82) is 0 Å². The molecule has 1 aliphatic rings. The number of carbonyl (C=O) groups is 1. The summed E-state index contributed by atoms with van der Waals surface area (Å²) in [5, 5.41) is 12.2. The zero-order valence-electron chi connectivity index (χ0n) is 5.78. The number of hydrogen-bond donors (Lipinski definition) is 3. The van der Waals surface area contributed by atoms with E-state index in [0.29, 0.717) is 6.54 Å². The zero-order valence-corrected chi connectivity index (χ0v) is 6.60. The molecule has 2 atom stereocenters. The van der Waals surface area contributed by atoms with Crippen LogP contribution in [0, 0.1) is 0 Å². The van der Waals surface area contributed by atoms with Gasteiger partial charge >= 0.3 is 5.97 Å². The summed E-state index contributed by atoms with van der Waals surface area (Å²) in [6.45, 7) is 0.612. The van der Waals surface area contributed by atoms with Crippen LogP contribution in [0.5, 0.6) is 0 Å². The van der Waals surface area contributed by atoms with Crippen molar-refractivity contribution in [3.05, 3.63) is 0 Å². The highest BCUT2D eigenvalue weighted by atomic mass is 32.1. The van der Waals surface area contributed by atoms with Gasteiger partial charge in [-0.3, -0.25) is 5.43 Å². The van der Waals surface area contributed by atoms with E-state index in [1.165, 1.54) is 0 Å². The van der Waals surface area contributed by atoms with Crippen LogP contribution in [0.2, 0.25) is 0 Å². The van der Waals surface area contributed by atoms with Gasteiger partial charge in [0.1, 0.15) is 6.54 Å². The number of nitrogens with zero attached hydrogens (tertiary/aromatic N) is 1. The van der Waals surface area contributed by atoms with Crippen molar-refractivity contribution >= 4 is 24.8 Å². The van der Waals surface area contributed by atoms with Gasteiger partial charge in [0.2, 0.25) is 0 Å². The van der Waals surface area contributed by atoms with Gasteiger partial charge in [-0.1, -0.05) is 0 Å². The molecule has 62 valence electrons. The highest BCUT2D eigenvalue weighted by Gasteiger charge is 2.15. The molecule has 1 aliphatic heterocycles. The van der Waals surface area contributed by atoms with Crippen molar-refractivity contribution in [3.8, 4) is 0 Å². The summed E-state index contributed by atoms with van der Waals surface area (Å²) in [5.41, 5.74) is 2.30. The number of carboxylic acids is 1. The topological polar surface area (TPSA) is 66.1 Å². The molecule has 1 rings (SSSR count). The SMILES string of the molecule is O=C(O)C[NH+]1CC=NNC1[S-]. The maximum absolute atomic E-state index is 10.3. The van der Waals surface area contributed by atoms with Crippen LogP contribution >= 0.6 is 0 Å². The van der Waals surface area contributed by atoms with Gasteiger partial charge in [-0.25, -0.2) is 4.79 Å². The maximum Gasteiger partial charge on any atom is 0.359 e. The largest absolute Gasteiger partial charge is 0.703 e. The third kappa shape index (κ3) is 2.39. The average molecular weight is 175 g/mol. The number of hydrogen-bond acceptors (Lipinski definition) is 4. The van der Waals surface area contributed by atoms with Crippen molar-refractivity contribution in [2.45, 2.75) is 5.50 Å². The Bertz CT molecular complexity index is 185. The molecule has 0 aliphatic carbocycles. The Balaban J connectivity index is 2.44. The van der Waals surface area contributed by atoms with Crippen molar-refractivity contribution in [1.82, 2.24) is 5.43 Å². The van der Waals surface area contributed by atoms with Crippen LogP contribution in [0.25, 0.3) is 0 Å². The lowest BCUT2D eigenvalue weighted by molar-refractivity contribution is -0.898. The summed E-state index contributed by atoms with van der Waals surface area (Å²) in [7, 11) is 0. The number of quaternary nitrogens is 1. The Hall–Kier alpha value is -0.750. The Morgan fingerprint density at radius 2 is 2.73 bits per heavy atom. The van der Waals surface area contributed by atoms with E-state index in [-0.39, 0.29) is 12.0 Å². The number of nitrogens with one attached hydrogen (secondary N) is 2. The molecule has 0 saturated carbocycles. The first-order valence-electron chi connectivity index (χ1n) is 3.19. The lowest BCUT2D eigenvalue weighted by Crippen LogP contribution is -3.19. The summed E-state index contributed by atoms with van der Waals surface area (Å²) in [6.07, 6.45) is 1.63. The zero-order chi connectivity index (χ0) is 8.27. The van der Waals surface area contributed by atoms with Gasteiger partial charge in [-0.2, -0.15) is 5.10 Å². The smallest absolute Gasteiger partial charge is 0.359 e.